The Morgan fingerprint density at radius 3 is 3.14 bits per heavy atom. The van der Waals surface area contributed by atoms with E-state index < -0.39 is 0 Å². The molecule has 1 atom stereocenters. The number of hydrogen-bond donors (Lipinski definition) is 1. The van der Waals surface area contributed by atoms with E-state index in [-0.39, 0.29) is 0 Å². The molecule has 2 heterocycles. The van der Waals surface area contributed by atoms with Crippen LogP contribution in [0, 0.1) is 0 Å². The highest BCUT2D eigenvalue weighted by molar-refractivity contribution is 7.19. The van der Waals surface area contributed by atoms with Crippen molar-refractivity contribution in [1.29, 1.82) is 0 Å². The van der Waals surface area contributed by atoms with E-state index in [0.29, 0.717) is 6.04 Å². The fourth-order valence-corrected chi connectivity index (χ4v) is 2.85. The molecule has 78 valence electrons. The number of anilines is 1. The normalized spacial score (nSPS) is 23.6. The van der Waals surface area contributed by atoms with Gasteiger partial charge >= 0.3 is 0 Å². The minimum Gasteiger partial charge on any atom is -0.362 e. The molecule has 1 aromatic heterocycles. The molecule has 1 aliphatic rings. The quantitative estimate of drug-likeness (QED) is 0.798. The molecule has 1 unspecified atom stereocenters. The van der Waals surface area contributed by atoms with E-state index in [9.17, 15) is 0 Å². The van der Waals surface area contributed by atoms with Crippen LogP contribution < -0.4 is 10.2 Å². The van der Waals surface area contributed by atoms with E-state index in [1.54, 1.807) is 11.3 Å². The summed E-state index contributed by atoms with van der Waals surface area (Å²) in [4.78, 5) is 2.42. The fourth-order valence-electron chi connectivity index (χ4n) is 1.78. The summed E-state index contributed by atoms with van der Waals surface area (Å²) in [7, 11) is 0. The summed E-state index contributed by atoms with van der Waals surface area (Å²) in [5.41, 5.74) is 0. The van der Waals surface area contributed by atoms with Crippen molar-refractivity contribution in [2.75, 3.05) is 24.5 Å². The third-order valence-electron chi connectivity index (χ3n) is 2.46. The van der Waals surface area contributed by atoms with Crippen LogP contribution in [0.5, 0.6) is 0 Å². The van der Waals surface area contributed by atoms with Crippen molar-refractivity contribution in [1.82, 2.24) is 5.32 Å². The van der Waals surface area contributed by atoms with Crippen LogP contribution in [0.1, 0.15) is 13.3 Å². The van der Waals surface area contributed by atoms with E-state index in [0.717, 1.165) is 24.0 Å². The van der Waals surface area contributed by atoms with Crippen molar-refractivity contribution in [2.24, 2.45) is 0 Å². The first-order chi connectivity index (χ1) is 6.75. The van der Waals surface area contributed by atoms with E-state index >= 15 is 0 Å². The number of nitrogens with zero attached hydrogens (tertiary/aromatic N) is 1. The third-order valence-corrected chi connectivity index (χ3v) is 3.75. The molecular formula is C10H15ClN2S. The Kier molecular flexibility index (Phi) is 3.31. The largest absolute Gasteiger partial charge is 0.362 e. The zero-order valence-electron chi connectivity index (χ0n) is 8.29. The highest BCUT2D eigenvalue weighted by atomic mass is 35.5. The third kappa shape index (κ3) is 2.41. The van der Waals surface area contributed by atoms with Gasteiger partial charge in [-0.2, -0.15) is 0 Å². The molecule has 2 nitrogen and oxygen atoms in total. The molecule has 0 aromatic carbocycles. The van der Waals surface area contributed by atoms with Gasteiger partial charge in [-0.1, -0.05) is 11.6 Å². The SMILES string of the molecule is CC1CN(c2ccc(Cl)s2)CCCN1. The van der Waals surface area contributed by atoms with E-state index in [2.05, 4.69) is 23.2 Å². The first kappa shape index (κ1) is 10.3. The Morgan fingerprint density at radius 1 is 1.57 bits per heavy atom. The summed E-state index contributed by atoms with van der Waals surface area (Å²) in [6.45, 7) is 5.56. The van der Waals surface area contributed by atoms with E-state index in [1.807, 2.05) is 6.07 Å². The van der Waals surface area contributed by atoms with Gasteiger partial charge in [0.25, 0.3) is 0 Å². The molecule has 0 saturated carbocycles. The maximum absolute atomic E-state index is 5.93. The summed E-state index contributed by atoms with van der Waals surface area (Å²) in [6, 6.07) is 4.66. The Bertz CT molecular complexity index is 300. The standard InChI is InChI=1S/C10H15ClN2S/c1-8-7-13(6-2-5-12-8)10-4-3-9(11)14-10/h3-4,8,12H,2,5-7H2,1H3. The van der Waals surface area contributed by atoms with Crippen molar-refractivity contribution in [2.45, 2.75) is 19.4 Å². The highest BCUT2D eigenvalue weighted by Crippen LogP contribution is 2.30. The number of halogens is 1. The fraction of sp³-hybridized carbons (Fsp3) is 0.600. The molecule has 1 aromatic rings. The van der Waals surface area contributed by atoms with E-state index in [4.69, 9.17) is 11.6 Å². The molecule has 1 fully saturated rings. The second-order valence-electron chi connectivity index (χ2n) is 3.73. The average Bonchev–Trinajstić information content (AvgIpc) is 2.45. The van der Waals surface area contributed by atoms with Crippen LogP contribution in [0.2, 0.25) is 4.34 Å². The minimum atomic E-state index is 0.568. The molecule has 0 spiro atoms. The number of rotatable bonds is 1. The lowest BCUT2D eigenvalue weighted by Crippen LogP contribution is -2.34. The van der Waals surface area contributed by atoms with Crippen molar-refractivity contribution in [3.8, 4) is 0 Å². The summed E-state index contributed by atoms with van der Waals surface area (Å²) >= 11 is 7.60. The van der Waals surface area contributed by atoms with Crippen molar-refractivity contribution >= 4 is 27.9 Å². The Labute approximate surface area is 93.9 Å². The molecular weight excluding hydrogens is 216 g/mol. The van der Waals surface area contributed by atoms with Gasteiger partial charge in [0.2, 0.25) is 0 Å². The summed E-state index contributed by atoms with van der Waals surface area (Å²) < 4.78 is 0.879. The topological polar surface area (TPSA) is 15.3 Å². The Morgan fingerprint density at radius 2 is 2.43 bits per heavy atom. The summed E-state index contributed by atoms with van der Waals surface area (Å²) in [5.74, 6) is 0. The van der Waals surface area contributed by atoms with Crippen LogP contribution in [-0.2, 0) is 0 Å². The van der Waals surface area contributed by atoms with Gasteiger partial charge in [0.15, 0.2) is 0 Å². The minimum absolute atomic E-state index is 0.568. The average molecular weight is 231 g/mol. The van der Waals surface area contributed by atoms with Crippen LogP contribution in [0.3, 0.4) is 0 Å². The monoisotopic (exact) mass is 230 g/mol. The molecule has 0 radical (unpaired) electrons. The van der Waals surface area contributed by atoms with Crippen LogP contribution in [-0.4, -0.2) is 25.7 Å². The van der Waals surface area contributed by atoms with Crippen LogP contribution >= 0.6 is 22.9 Å². The number of nitrogens with one attached hydrogen (secondary N) is 1. The van der Waals surface area contributed by atoms with Crippen molar-refractivity contribution in [3.63, 3.8) is 0 Å². The predicted molar refractivity (Wildman–Crippen MR) is 63.6 cm³/mol. The van der Waals surface area contributed by atoms with Crippen molar-refractivity contribution < 1.29 is 0 Å². The van der Waals surface area contributed by atoms with Crippen LogP contribution in [0.4, 0.5) is 5.00 Å². The zero-order valence-corrected chi connectivity index (χ0v) is 9.87. The van der Waals surface area contributed by atoms with Gasteiger partial charge in [-0.25, -0.2) is 0 Å². The lowest BCUT2D eigenvalue weighted by molar-refractivity contribution is 0.585. The van der Waals surface area contributed by atoms with Gasteiger partial charge < -0.3 is 10.2 Å². The lowest BCUT2D eigenvalue weighted by Gasteiger charge is -2.22. The van der Waals surface area contributed by atoms with Gasteiger partial charge in [0.1, 0.15) is 0 Å². The van der Waals surface area contributed by atoms with Gasteiger partial charge in [-0.05, 0) is 32.0 Å². The molecule has 0 bridgehead atoms. The summed E-state index contributed by atoms with van der Waals surface area (Å²) in [6.07, 6.45) is 1.21. The first-order valence-electron chi connectivity index (χ1n) is 4.99. The lowest BCUT2D eigenvalue weighted by atomic mass is 10.3. The smallest absolute Gasteiger partial charge is 0.0950 e. The molecule has 0 amide bonds. The molecule has 1 N–H and O–H groups in total. The maximum atomic E-state index is 5.93. The van der Waals surface area contributed by atoms with Gasteiger partial charge in [-0.15, -0.1) is 11.3 Å². The second-order valence-corrected chi connectivity index (χ2v) is 5.43. The first-order valence-corrected chi connectivity index (χ1v) is 6.19. The van der Waals surface area contributed by atoms with Crippen LogP contribution in [0.15, 0.2) is 12.1 Å². The van der Waals surface area contributed by atoms with Crippen LogP contribution in [0.25, 0.3) is 0 Å². The van der Waals surface area contributed by atoms with Gasteiger partial charge in [0, 0.05) is 19.1 Å². The highest BCUT2D eigenvalue weighted by Gasteiger charge is 2.15. The van der Waals surface area contributed by atoms with Gasteiger partial charge in [-0.3, -0.25) is 0 Å². The molecule has 2 rings (SSSR count). The van der Waals surface area contributed by atoms with Crippen molar-refractivity contribution in [3.05, 3.63) is 16.5 Å². The molecule has 1 saturated heterocycles. The van der Waals surface area contributed by atoms with Gasteiger partial charge in [0.05, 0.1) is 9.34 Å². The maximum Gasteiger partial charge on any atom is 0.0950 e. The molecule has 14 heavy (non-hydrogen) atoms. The molecule has 0 aliphatic carbocycles. The van der Waals surface area contributed by atoms with E-state index in [1.165, 1.54) is 11.4 Å². The number of hydrogen-bond acceptors (Lipinski definition) is 3. The zero-order chi connectivity index (χ0) is 9.97. The summed E-state index contributed by atoms with van der Waals surface area (Å²) in [5, 5.41) is 4.78. The molecule has 4 heteroatoms. The predicted octanol–water partition coefficient (Wildman–Crippen LogP) is 2.59. The Hall–Kier alpha value is -0.250. The molecule has 1 aliphatic heterocycles. The number of thiophene rings is 1. The Balaban J connectivity index is 2.08. The second kappa shape index (κ2) is 4.51.